The third-order valence-electron chi connectivity index (χ3n) is 2.98. The highest BCUT2D eigenvalue weighted by molar-refractivity contribution is 5.35. The van der Waals surface area contributed by atoms with E-state index in [4.69, 9.17) is 5.84 Å². The Morgan fingerprint density at radius 2 is 2.07 bits per heavy atom. The van der Waals surface area contributed by atoms with E-state index in [2.05, 4.69) is 28.9 Å². The molecule has 0 saturated heterocycles. The van der Waals surface area contributed by atoms with Gasteiger partial charge in [0, 0.05) is 6.54 Å². The largest absolute Gasteiger partial charge is 0.303 e. The molecule has 15 heavy (non-hydrogen) atoms. The number of fused-ring (bicyclic) bond motifs is 1. The molecule has 0 atom stereocenters. The zero-order valence-corrected chi connectivity index (χ0v) is 9.05. The minimum absolute atomic E-state index is 0.672. The van der Waals surface area contributed by atoms with Gasteiger partial charge in [0.2, 0.25) is 0 Å². The van der Waals surface area contributed by atoms with E-state index in [1.54, 1.807) is 11.1 Å². The van der Waals surface area contributed by atoms with Gasteiger partial charge in [0.25, 0.3) is 0 Å². The monoisotopic (exact) mass is 205 g/mol. The van der Waals surface area contributed by atoms with Crippen molar-refractivity contribution in [2.45, 2.75) is 25.7 Å². The molecule has 0 aliphatic heterocycles. The first-order valence-electron chi connectivity index (χ1n) is 5.65. The van der Waals surface area contributed by atoms with E-state index in [-0.39, 0.29) is 0 Å². The van der Waals surface area contributed by atoms with Gasteiger partial charge >= 0.3 is 0 Å². The van der Waals surface area contributed by atoms with Crippen molar-refractivity contribution >= 4 is 0 Å². The van der Waals surface area contributed by atoms with Crippen LogP contribution in [0.5, 0.6) is 0 Å². The Balaban J connectivity index is 1.87. The van der Waals surface area contributed by atoms with Crippen molar-refractivity contribution < 1.29 is 0 Å². The number of nitrogens with two attached hydrogens (primary N) is 1. The molecule has 1 aliphatic rings. The minimum Gasteiger partial charge on any atom is -0.303 e. The molecule has 0 amide bonds. The average molecular weight is 205 g/mol. The zero-order valence-electron chi connectivity index (χ0n) is 9.05. The van der Waals surface area contributed by atoms with Crippen LogP contribution in [0.2, 0.25) is 0 Å². The molecule has 1 aromatic carbocycles. The van der Waals surface area contributed by atoms with Crippen LogP contribution in [0, 0.1) is 0 Å². The molecule has 3 nitrogen and oxygen atoms in total. The number of benzene rings is 1. The fourth-order valence-electron chi connectivity index (χ4n) is 2.17. The SMILES string of the molecule is NNCNCCc1ccc2c(c1)CCC2. The smallest absolute Gasteiger partial charge is 0.0587 e. The summed E-state index contributed by atoms with van der Waals surface area (Å²) in [7, 11) is 0. The van der Waals surface area contributed by atoms with Gasteiger partial charge < -0.3 is 5.32 Å². The topological polar surface area (TPSA) is 50.1 Å². The lowest BCUT2D eigenvalue weighted by atomic mass is 10.0. The number of rotatable bonds is 5. The van der Waals surface area contributed by atoms with Gasteiger partial charge in [-0.2, -0.15) is 0 Å². The lowest BCUT2D eigenvalue weighted by molar-refractivity contribution is 0.602. The van der Waals surface area contributed by atoms with Crippen LogP contribution >= 0.6 is 0 Å². The third-order valence-corrected chi connectivity index (χ3v) is 2.98. The molecule has 1 aromatic rings. The van der Waals surface area contributed by atoms with Crippen LogP contribution in [-0.2, 0) is 19.3 Å². The molecule has 82 valence electrons. The summed E-state index contributed by atoms with van der Waals surface area (Å²) in [5.41, 5.74) is 7.13. The number of hydrazine groups is 1. The van der Waals surface area contributed by atoms with Crippen molar-refractivity contribution in [2.75, 3.05) is 13.2 Å². The molecule has 4 N–H and O–H groups in total. The van der Waals surface area contributed by atoms with Gasteiger partial charge in [0.15, 0.2) is 0 Å². The molecule has 0 fully saturated rings. The number of aryl methyl sites for hydroxylation is 2. The Morgan fingerprint density at radius 3 is 2.93 bits per heavy atom. The summed E-state index contributed by atoms with van der Waals surface area (Å²) in [4.78, 5) is 0. The van der Waals surface area contributed by atoms with Gasteiger partial charge in [-0.25, -0.2) is 5.43 Å². The molecule has 3 heteroatoms. The Kier molecular flexibility index (Phi) is 3.72. The highest BCUT2D eigenvalue weighted by atomic mass is 15.3. The Bertz CT molecular complexity index is 323. The molecule has 1 aliphatic carbocycles. The summed E-state index contributed by atoms with van der Waals surface area (Å²) >= 11 is 0. The van der Waals surface area contributed by atoms with E-state index in [0.717, 1.165) is 13.0 Å². The van der Waals surface area contributed by atoms with E-state index in [1.807, 2.05) is 0 Å². The summed E-state index contributed by atoms with van der Waals surface area (Å²) < 4.78 is 0. The first-order chi connectivity index (χ1) is 7.40. The fourth-order valence-corrected chi connectivity index (χ4v) is 2.17. The molecule has 0 saturated carbocycles. The third kappa shape index (κ3) is 2.78. The van der Waals surface area contributed by atoms with Gasteiger partial charge in [0.1, 0.15) is 0 Å². The second-order valence-corrected chi connectivity index (χ2v) is 4.09. The Hall–Kier alpha value is -0.900. The van der Waals surface area contributed by atoms with Gasteiger partial charge in [-0.05, 0) is 42.4 Å². The summed E-state index contributed by atoms with van der Waals surface area (Å²) in [5, 5.41) is 3.22. The summed E-state index contributed by atoms with van der Waals surface area (Å²) in [6, 6.07) is 6.90. The van der Waals surface area contributed by atoms with E-state index in [1.165, 1.54) is 24.8 Å². The normalized spacial score (nSPS) is 14.2. The average Bonchev–Trinajstić information content (AvgIpc) is 2.71. The number of hydrogen-bond acceptors (Lipinski definition) is 3. The molecular formula is C12H19N3. The van der Waals surface area contributed by atoms with Crippen molar-refractivity contribution in [3.63, 3.8) is 0 Å². The standard InChI is InChI=1S/C12H19N3/c13-15-9-14-7-6-10-4-5-11-2-1-3-12(11)8-10/h4-5,8,14-15H,1-3,6-7,9,13H2. The van der Waals surface area contributed by atoms with Crippen LogP contribution in [0.25, 0.3) is 0 Å². The highest BCUT2D eigenvalue weighted by Gasteiger charge is 2.10. The minimum atomic E-state index is 0.672. The van der Waals surface area contributed by atoms with Crippen LogP contribution < -0.4 is 16.6 Å². The van der Waals surface area contributed by atoms with E-state index < -0.39 is 0 Å². The maximum atomic E-state index is 5.17. The molecular weight excluding hydrogens is 186 g/mol. The molecule has 2 rings (SSSR count). The zero-order chi connectivity index (χ0) is 10.5. The van der Waals surface area contributed by atoms with Crippen LogP contribution in [-0.4, -0.2) is 13.2 Å². The predicted molar refractivity (Wildman–Crippen MR) is 62.4 cm³/mol. The molecule has 0 spiro atoms. The van der Waals surface area contributed by atoms with Crippen molar-refractivity contribution in [3.8, 4) is 0 Å². The number of hydrogen-bond donors (Lipinski definition) is 3. The molecule has 0 aromatic heterocycles. The molecule has 0 heterocycles. The van der Waals surface area contributed by atoms with Gasteiger partial charge in [-0.3, -0.25) is 5.84 Å². The van der Waals surface area contributed by atoms with E-state index >= 15 is 0 Å². The van der Waals surface area contributed by atoms with Gasteiger partial charge in [-0.15, -0.1) is 0 Å². The van der Waals surface area contributed by atoms with Crippen molar-refractivity contribution in [2.24, 2.45) is 5.84 Å². The Labute approximate surface area is 91.0 Å². The second kappa shape index (κ2) is 5.26. The van der Waals surface area contributed by atoms with Crippen LogP contribution in [0.3, 0.4) is 0 Å². The lowest BCUT2D eigenvalue weighted by Crippen LogP contribution is -2.34. The lowest BCUT2D eigenvalue weighted by Gasteiger charge is -2.06. The summed E-state index contributed by atoms with van der Waals surface area (Å²) in [6.07, 6.45) is 4.94. The van der Waals surface area contributed by atoms with Crippen molar-refractivity contribution in [1.82, 2.24) is 10.7 Å². The maximum Gasteiger partial charge on any atom is 0.0587 e. The van der Waals surface area contributed by atoms with Crippen molar-refractivity contribution in [1.29, 1.82) is 0 Å². The predicted octanol–water partition coefficient (Wildman–Crippen LogP) is 0.728. The quantitative estimate of drug-likeness (QED) is 0.287. The molecule has 0 radical (unpaired) electrons. The van der Waals surface area contributed by atoms with Crippen molar-refractivity contribution in [3.05, 3.63) is 34.9 Å². The summed E-state index contributed by atoms with van der Waals surface area (Å²) in [5.74, 6) is 5.17. The Morgan fingerprint density at radius 1 is 1.20 bits per heavy atom. The maximum absolute atomic E-state index is 5.17. The van der Waals surface area contributed by atoms with E-state index in [0.29, 0.717) is 6.67 Å². The fraction of sp³-hybridized carbons (Fsp3) is 0.500. The van der Waals surface area contributed by atoms with E-state index in [9.17, 15) is 0 Å². The van der Waals surface area contributed by atoms with Crippen LogP contribution in [0.4, 0.5) is 0 Å². The molecule has 0 bridgehead atoms. The highest BCUT2D eigenvalue weighted by Crippen LogP contribution is 2.22. The number of nitrogens with one attached hydrogen (secondary N) is 2. The first-order valence-corrected chi connectivity index (χ1v) is 5.65. The van der Waals surface area contributed by atoms with Gasteiger partial charge in [-0.1, -0.05) is 18.2 Å². The van der Waals surface area contributed by atoms with Crippen LogP contribution in [0.1, 0.15) is 23.1 Å². The van der Waals surface area contributed by atoms with Gasteiger partial charge in [0.05, 0.1) is 6.67 Å². The van der Waals surface area contributed by atoms with Crippen LogP contribution in [0.15, 0.2) is 18.2 Å². The summed E-state index contributed by atoms with van der Waals surface area (Å²) in [6.45, 7) is 1.65. The second-order valence-electron chi connectivity index (χ2n) is 4.09. The first kappa shape index (κ1) is 10.6. The molecule has 0 unspecified atom stereocenters.